The van der Waals surface area contributed by atoms with Gasteiger partial charge in [-0.25, -0.2) is 8.78 Å². The maximum Gasteiger partial charge on any atom is 0.241 e. The first kappa shape index (κ1) is 14.0. The zero-order valence-electron chi connectivity index (χ0n) is 9.67. The van der Waals surface area contributed by atoms with Crippen molar-refractivity contribution in [1.82, 2.24) is 0 Å². The van der Waals surface area contributed by atoms with Crippen LogP contribution < -0.4 is 16.8 Å². The van der Waals surface area contributed by atoms with Crippen LogP contribution in [-0.2, 0) is 9.59 Å². The first-order valence-electron chi connectivity index (χ1n) is 5.11. The summed E-state index contributed by atoms with van der Waals surface area (Å²) in [5.41, 5.74) is 10.0. The Morgan fingerprint density at radius 2 is 1.94 bits per heavy atom. The second kappa shape index (κ2) is 5.54. The number of nitrogens with one attached hydrogen (secondary N) is 1. The summed E-state index contributed by atoms with van der Waals surface area (Å²) in [6.45, 7) is 1.39. The number of anilines is 1. The van der Waals surface area contributed by atoms with Crippen molar-refractivity contribution in [2.24, 2.45) is 11.5 Å². The van der Waals surface area contributed by atoms with Crippen LogP contribution in [0.2, 0.25) is 0 Å². The summed E-state index contributed by atoms with van der Waals surface area (Å²) in [6.07, 6.45) is -0.373. The van der Waals surface area contributed by atoms with Crippen LogP contribution in [0, 0.1) is 18.6 Å². The molecule has 0 heterocycles. The van der Waals surface area contributed by atoms with E-state index in [0.717, 1.165) is 12.1 Å². The lowest BCUT2D eigenvalue weighted by molar-refractivity contribution is -0.123. The van der Waals surface area contributed by atoms with Gasteiger partial charge >= 0.3 is 0 Å². The SMILES string of the molecule is Cc1cc(F)c(NC(=O)C(N)CC(N)=O)cc1F. The minimum absolute atomic E-state index is 0.118. The first-order valence-corrected chi connectivity index (χ1v) is 5.11. The summed E-state index contributed by atoms with van der Waals surface area (Å²) in [6, 6.07) is 0.593. The number of benzene rings is 1. The molecule has 98 valence electrons. The second-order valence-electron chi connectivity index (χ2n) is 3.85. The van der Waals surface area contributed by atoms with E-state index >= 15 is 0 Å². The smallest absolute Gasteiger partial charge is 0.241 e. The molecule has 0 saturated carbocycles. The van der Waals surface area contributed by atoms with Gasteiger partial charge in [0, 0.05) is 6.07 Å². The Bertz CT molecular complexity index is 491. The molecule has 0 aromatic heterocycles. The third-order valence-electron chi connectivity index (χ3n) is 2.26. The Kier molecular flexibility index (Phi) is 4.33. The Labute approximate surface area is 102 Å². The Morgan fingerprint density at radius 1 is 1.33 bits per heavy atom. The molecule has 0 bridgehead atoms. The van der Waals surface area contributed by atoms with Crippen molar-refractivity contribution in [3.8, 4) is 0 Å². The summed E-state index contributed by atoms with van der Waals surface area (Å²) in [5, 5.41) is 2.10. The minimum Gasteiger partial charge on any atom is -0.370 e. The molecule has 2 amide bonds. The molecular weight excluding hydrogens is 244 g/mol. The van der Waals surface area contributed by atoms with Gasteiger partial charge in [0.15, 0.2) is 0 Å². The van der Waals surface area contributed by atoms with Gasteiger partial charge in [-0.05, 0) is 18.6 Å². The van der Waals surface area contributed by atoms with Gasteiger partial charge in [0.2, 0.25) is 11.8 Å². The van der Waals surface area contributed by atoms with E-state index in [0.29, 0.717) is 0 Å². The third kappa shape index (κ3) is 3.49. The predicted octanol–water partition coefficient (Wildman–Crippen LogP) is 0.414. The van der Waals surface area contributed by atoms with E-state index < -0.39 is 29.5 Å². The number of hydrogen-bond donors (Lipinski definition) is 3. The molecule has 1 aromatic rings. The van der Waals surface area contributed by atoms with E-state index in [1.807, 2.05) is 0 Å². The highest BCUT2D eigenvalue weighted by atomic mass is 19.1. The van der Waals surface area contributed by atoms with Gasteiger partial charge in [-0.2, -0.15) is 0 Å². The van der Waals surface area contributed by atoms with Crippen LogP contribution in [0.4, 0.5) is 14.5 Å². The lowest BCUT2D eigenvalue weighted by Crippen LogP contribution is -2.39. The number of halogens is 2. The number of primary amides is 1. The lowest BCUT2D eigenvalue weighted by atomic mass is 10.1. The highest BCUT2D eigenvalue weighted by Crippen LogP contribution is 2.18. The minimum atomic E-state index is -1.20. The van der Waals surface area contributed by atoms with Crippen LogP contribution in [0.1, 0.15) is 12.0 Å². The molecule has 5 N–H and O–H groups in total. The summed E-state index contributed by atoms with van der Waals surface area (Å²) < 4.78 is 26.6. The molecule has 0 aliphatic heterocycles. The monoisotopic (exact) mass is 257 g/mol. The van der Waals surface area contributed by atoms with Crippen molar-refractivity contribution in [2.75, 3.05) is 5.32 Å². The van der Waals surface area contributed by atoms with Crippen molar-refractivity contribution in [2.45, 2.75) is 19.4 Å². The quantitative estimate of drug-likeness (QED) is 0.728. The molecule has 1 atom stereocenters. The Morgan fingerprint density at radius 3 is 2.50 bits per heavy atom. The van der Waals surface area contributed by atoms with Gasteiger partial charge in [0.25, 0.3) is 0 Å². The maximum atomic E-state index is 13.4. The lowest BCUT2D eigenvalue weighted by Gasteiger charge is -2.11. The second-order valence-corrected chi connectivity index (χ2v) is 3.85. The van der Waals surface area contributed by atoms with Crippen molar-refractivity contribution in [3.05, 3.63) is 29.3 Å². The van der Waals surface area contributed by atoms with Gasteiger partial charge < -0.3 is 16.8 Å². The highest BCUT2D eigenvalue weighted by Gasteiger charge is 2.18. The number of carbonyl (C=O) groups excluding carboxylic acids is 2. The Balaban J connectivity index is 2.82. The summed E-state index contributed by atoms with van der Waals surface area (Å²) >= 11 is 0. The fraction of sp³-hybridized carbons (Fsp3) is 0.273. The maximum absolute atomic E-state index is 13.4. The summed E-state index contributed by atoms with van der Waals surface area (Å²) in [4.78, 5) is 22.0. The molecule has 0 fully saturated rings. The number of amides is 2. The molecule has 1 unspecified atom stereocenters. The topological polar surface area (TPSA) is 98.2 Å². The average molecular weight is 257 g/mol. The van der Waals surface area contributed by atoms with E-state index in [2.05, 4.69) is 5.32 Å². The molecule has 1 rings (SSSR count). The van der Waals surface area contributed by atoms with Crippen LogP contribution in [0.3, 0.4) is 0 Å². The molecule has 0 aliphatic rings. The summed E-state index contributed by atoms with van der Waals surface area (Å²) in [5.74, 6) is -3.01. The van der Waals surface area contributed by atoms with Crippen LogP contribution in [0.5, 0.6) is 0 Å². The molecule has 5 nitrogen and oxygen atoms in total. The van der Waals surface area contributed by atoms with E-state index in [1.165, 1.54) is 6.92 Å². The molecule has 0 saturated heterocycles. The van der Waals surface area contributed by atoms with Gasteiger partial charge in [-0.1, -0.05) is 0 Å². The average Bonchev–Trinajstić information content (AvgIpc) is 2.24. The molecule has 18 heavy (non-hydrogen) atoms. The van der Waals surface area contributed by atoms with Gasteiger partial charge in [0.05, 0.1) is 18.2 Å². The van der Waals surface area contributed by atoms with E-state index in [-0.39, 0.29) is 17.7 Å². The summed E-state index contributed by atoms with van der Waals surface area (Å²) in [7, 11) is 0. The van der Waals surface area contributed by atoms with Crippen molar-refractivity contribution in [1.29, 1.82) is 0 Å². The fourth-order valence-corrected chi connectivity index (χ4v) is 1.28. The number of carbonyl (C=O) groups is 2. The number of nitrogens with two attached hydrogens (primary N) is 2. The van der Waals surface area contributed by atoms with Crippen LogP contribution in [0.15, 0.2) is 12.1 Å². The number of rotatable bonds is 4. The van der Waals surface area contributed by atoms with E-state index in [1.54, 1.807) is 0 Å². The number of hydrogen-bond acceptors (Lipinski definition) is 3. The van der Waals surface area contributed by atoms with Gasteiger partial charge in [-0.3, -0.25) is 9.59 Å². The largest absolute Gasteiger partial charge is 0.370 e. The molecule has 0 aliphatic carbocycles. The zero-order valence-corrected chi connectivity index (χ0v) is 9.67. The molecular formula is C11H13F2N3O2. The van der Waals surface area contributed by atoms with E-state index in [4.69, 9.17) is 11.5 Å². The van der Waals surface area contributed by atoms with Crippen molar-refractivity contribution in [3.63, 3.8) is 0 Å². The molecule has 0 spiro atoms. The van der Waals surface area contributed by atoms with E-state index in [9.17, 15) is 18.4 Å². The standard InChI is InChI=1S/C11H13F2N3O2/c1-5-2-7(13)9(3-6(5)12)16-11(18)8(14)4-10(15)17/h2-3,8H,4,14H2,1H3,(H2,15,17)(H,16,18). The Hall–Kier alpha value is -2.02. The number of aryl methyl sites for hydroxylation is 1. The normalized spacial score (nSPS) is 12.0. The molecule has 1 aromatic carbocycles. The molecule has 0 radical (unpaired) electrons. The first-order chi connectivity index (χ1) is 8.31. The zero-order chi connectivity index (χ0) is 13.9. The fourth-order valence-electron chi connectivity index (χ4n) is 1.28. The van der Waals surface area contributed by atoms with Crippen LogP contribution >= 0.6 is 0 Å². The third-order valence-corrected chi connectivity index (χ3v) is 2.26. The van der Waals surface area contributed by atoms with Crippen molar-refractivity contribution < 1.29 is 18.4 Å². The van der Waals surface area contributed by atoms with Gasteiger partial charge in [-0.15, -0.1) is 0 Å². The van der Waals surface area contributed by atoms with Crippen molar-refractivity contribution >= 4 is 17.5 Å². The molecule has 7 heteroatoms. The van der Waals surface area contributed by atoms with Crippen LogP contribution in [-0.4, -0.2) is 17.9 Å². The predicted molar refractivity (Wildman–Crippen MR) is 61.5 cm³/mol. The van der Waals surface area contributed by atoms with Gasteiger partial charge in [0.1, 0.15) is 11.6 Å². The van der Waals surface area contributed by atoms with Crippen LogP contribution in [0.25, 0.3) is 0 Å². The highest BCUT2D eigenvalue weighted by molar-refractivity contribution is 5.97.